The fourth-order valence-corrected chi connectivity index (χ4v) is 4.69. The molecule has 1 aliphatic rings. The van der Waals surface area contributed by atoms with Gasteiger partial charge in [0, 0.05) is 13.2 Å². The van der Waals surface area contributed by atoms with Gasteiger partial charge in [-0.3, -0.25) is 0 Å². The molecular weight excluding hydrogens is 433 g/mol. The van der Waals surface area contributed by atoms with Crippen molar-refractivity contribution in [1.82, 2.24) is 19.7 Å². The Morgan fingerprint density at radius 2 is 1.84 bits per heavy atom. The first-order valence-electron chi connectivity index (χ1n) is 9.39. The average Bonchev–Trinajstić information content (AvgIpc) is 3.52. The van der Waals surface area contributed by atoms with Gasteiger partial charge >= 0.3 is 6.18 Å². The molecule has 12 heteroatoms. The van der Waals surface area contributed by atoms with Gasteiger partial charge in [0.15, 0.2) is 9.84 Å². The van der Waals surface area contributed by atoms with Gasteiger partial charge in [0.05, 0.1) is 33.4 Å². The standard InChI is InChI=1S/C19H19F3N6O2S/c1-11-16(25-18-24-9-15(19(20,21)22)17(23-2)26-18)10-28(27-11)12-3-5-13(6-4-12)31(29,30)14-7-8-14/h3-6,9-10,14H,7-8H2,1-2H3,(H2,23,24,25,26). The Bertz CT molecular complexity index is 1220. The predicted molar refractivity (Wildman–Crippen MR) is 108 cm³/mol. The lowest BCUT2D eigenvalue weighted by atomic mass is 10.3. The van der Waals surface area contributed by atoms with E-state index in [1.54, 1.807) is 37.4 Å². The number of hydrogen-bond donors (Lipinski definition) is 2. The van der Waals surface area contributed by atoms with E-state index in [0.717, 1.165) is 0 Å². The molecule has 0 amide bonds. The second-order valence-corrected chi connectivity index (χ2v) is 9.37. The molecule has 0 bridgehead atoms. The Kier molecular flexibility index (Phi) is 5.12. The Hall–Kier alpha value is -3.15. The van der Waals surface area contributed by atoms with Gasteiger partial charge < -0.3 is 10.6 Å². The number of nitrogens with one attached hydrogen (secondary N) is 2. The number of aryl methyl sites for hydroxylation is 1. The zero-order valence-corrected chi connectivity index (χ0v) is 17.4. The molecule has 1 fully saturated rings. The molecule has 2 heterocycles. The van der Waals surface area contributed by atoms with Crippen molar-refractivity contribution in [3.05, 3.63) is 47.9 Å². The number of nitrogens with zero attached hydrogens (tertiary/aromatic N) is 4. The van der Waals surface area contributed by atoms with E-state index < -0.39 is 21.6 Å². The van der Waals surface area contributed by atoms with Crippen molar-refractivity contribution >= 4 is 27.3 Å². The largest absolute Gasteiger partial charge is 0.421 e. The molecule has 2 N–H and O–H groups in total. The van der Waals surface area contributed by atoms with Gasteiger partial charge in [0.2, 0.25) is 5.95 Å². The molecule has 0 unspecified atom stereocenters. The number of aromatic nitrogens is 4. The van der Waals surface area contributed by atoms with Gasteiger partial charge in [0.25, 0.3) is 0 Å². The minimum absolute atomic E-state index is 0.0223. The number of rotatable bonds is 6. The summed E-state index contributed by atoms with van der Waals surface area (Å²) in [5.41, 5.74) is 0.727. The number of halogens is 3. The van der Waals surface area contributed by atoms with Crippen molar-refractivity contribution in [1.29, 1.82) is 0 Å². The van der Waals surface area contributed by atoms with Crippen LogP contribution < -0.4 is 10.6 Å². The van der Waals surface area contributed by atoms with Crippen molar-refractivity contribution in [2.45, 2.75) is 36.1 Å². The molecular formula is C19H19F3N6O2S. The maximum Gasteiger partial charge on any atom is 0.421 e. The average molecular weight is 452 g/mol. The van der Waals surface area contributed by atoms with Crippen LogP contribution in [0.1, 0.15) is 24.1 Å². The molecule has 0 radical (unpaired) electrons. The summed E-state index contributed by atoms with van der Waals surface area (Å²) in [5.74, 6) is -0.367. The highest BCUT2D eigenvalue weighted by Crippen LogP contribution is 2.35. The predicted octanol–water partition coefficient (Wildman–Crippen LogP) is 3.71. The zero-order chi connectivity index (χ0) is 22.4. The molecule has 4 rings (SSSR count). The molecule has 1 saturated carbocycles. The number of sulfone groups is 1. The van der Waals surface area contributed by atoms with E-state index in [1.165, 1.54) is 11.7 Å². The fourth-order valence-electron chi connectivity index (χ4n) is 3.03. The normalized spacial score (nSPS) is 14.5. The summed E-state index contributed by atoms with van der Waals surface area (Å²) >= 11 is 0. The molecule has 0 spiro atoms. The van der Waals surface area contributed by atoms with Crippen LogP contribution in [0.5, 0.6) is 0 Å². The van der Waals surface area contributed by atoms with E-state index in [9.17, 15) is 21.6 Å². The lowest BCUT2D eigenvalue weighted by Gasteiger charge is -2.12. The fraction of sp³-hybridized carbons (Fsp3) is 0.316. The molecule has 0 saturated heterocycles. The smallest absolute Gasteiger partial charge is 0.372 e. The second kappa shape index (κ2) is 7.52. The third kappa shape index (κ3) is 4.20. The topological polar surface area (TPSA) is 102 Å². The van der Waals surface area contributed by atoms with Crippen LogP contribution in [0, 0.1) is 6.92 Å². The Morgan fingerprint density at radius 1 is 1.16 bits per heavy atom. The van der Waals surface area contributed by atoms with Gasteiger partial charge in [-0.25, -0.2) is 18.1 Å². The highest BCUT2D eigenvalue weighted by Gasteiger charge is 2.37. The van der Waals surface area contributed by atoms with Crippen molar-refractivity contribution in [2.75, 3.05) is 17.7 Å². The maximum atomic E-state index is 13.0. The molecule has 0 aliphatic heterocycles. The van der Waals surface area contributed by atoms with Crippen LogP contribution in [-0.4, -0.2) is 40.5 Å². The number of benzene rings is 1. The molecule has 164 valence electrons. The van der Waals surface area contributed by atoms with E-state index in [0.29, 0.717) is 36.1 Å². The van der Waals surface area contributed by atoms with Crippen LogP contribution in [0.3, 0.4) is 0 Å². The minimum Gasteiger partial charge on any atom is -0.372 e. The molecule has 0 atom stereocenters. The summed E-state index contributed by atoms with van der Waals surface area (Å²) in [6.07, 6.45) is -0.853. The number of alkyl halides is 3. The highest BCUT2D eigenvalue weighted by atomic mass is 32.2. The molecule has 1 aromatic carbocycles. The van der Waals surface area contributed by atoms with E-state index >= 15 is 0 Å². The Balaban J connectivity index is 1.57. The Labute approximate surface area is 176 Å². The highest BCUT2D eigenvalue weighted by molar-refractivity contribution is 7.92. The number of hydrogen-bond acceptors (Lipinski definition) is 7. The summed E-state index contributed by atoms with van der Waals surface area (Å²) in [7, 11) is -1.93. The molecule has 2 aromatic heterocycles. The van der Waals surface area contributed by atoms with Crippen LogP contribution >= 0.6 is 0 Å². The molecule has 31 heavy (non-hydrogen) atoms. The van der Waals surface area contributed by atoms with E-state index in [2.05, 4.69) is 25.7 Å². The van der Waals surface area contributed by atoms with Crippen molar-refractivity contribution in [2.24, 2.45) is 0 Å². The quantitative estimate of drug-likeness (QED) is 0.588. The van der Waals surface area contributed by atoms with Gasteiger partial charge in [-0.2, -0.15) is 23.3 Å². The van der Waals surface area contributed by atoms with Crippen molar-refractivity contribution in [3.63, 3.8) is 0 Å². The lowest BCUT2D eigenvalue weighted by Crippen LogP contribution is -2.12. The summed E-state index contributed by atoms with van der Waals surface area (Å²) in [5, 5.41) is 9.37. The summed E-state index contributed by atoms with van der Waals surface area (Å²) in [6, 6.07) is 6.40. The summed E-state index contributed by atoms with van der Waals surface area (Å²) in [4.78, 5) is 7.90. The zero-order valence-electron chi connectivity index (χ0n) is 16.6. The van der Waals surface area contributed by atoms with Crippen molar-refractivity contribution < 1.29 is 21.6 Å². The molecule has 1 aliphatic carbocycles. The van der Waals surface area contributed by atoms with Crippen LogP contribution in [0.2, 0.25) is 0 Å². The minimum atomic E-state index is -4.57. The lowest BCUT2D eigenvalue weighted by molar-refractivity contribution is -0.137. The van der Waals surface area contributed by atoms with E-state index in [4.69, 9.17) is 0 Å². The third-order valence-electron chi connectivity index (χ3n) is 4.87. The monoisotopic (exact) mass is 452 g/mol. The first-order chi connectivity index (χ1) is 14.6. The maximum absolute atomic E-state index is 13.0. The summed E-state index contributed by atoms with van der Waals surface area (Å²) < 4.78 is 65.2. The van der Waals surface area contributed by atoms with Crippen LogP contribution in [-0.2, 0) is 16.0 Å². The second-order valence-electron chi connectivity index (χ2n) is 7.14. The van der Waals surface area contributed by atoms with Gasteiger partial charge in [-0.05, 0) is 44.0 Å². The molecule has 3 aromatic rings. The van der Waals surface area contributed by atoms with E-state index in [-0.39, 0.29) is 21.9 Å². The van der Waals surface area contributed by atoms with Gasteiger partial charge in [-0.1, -0.05) is 0 Å². The first-order valence-corrected chi connectivity index (χ1v) is 10.9. The van der Waals surface area contributed by atoms with Crippen LogP contribution in [0.25, 0.3) is 5.69 Å². The third-order valence-corrected chi connectivity index (χ3v) is 7.15. The Morgan fingerprint density at radius 3 is 2.42 bits per heavy atom. The van der Waals surface area contributed by atoms with Gasteiger partial charge in [-0.15, -0.1) is 0 Å². The van der Waals surface area contributed by atoms with Crippen molar-refractivity contribution in [3.8, 4) is 5.69 Å². The van der Waals surface area contributed by atoms with Crippen LogP contribution in [0.4, 0.5) is 30.6 Å². The first kappa shape index (κ1) is 21.1. The van der Waals surface area contributed by atoms with E-state index in [1.807, 2.05) is 0 Å². The molecule has 8 nitrogen and oxygen atoms in total. The SMILES string of the molecule is CNc1nc(Nc2cn(-c3ccc(S(=O)(=O)C4CC4)cc3)nc2C)ncc1C(F)(F)F. The van der Waals surface area contributed by atoms with Crippen LogP contribution in [0.15, 0.2) is 41.6 Å². The summed E-state index contributed by atoms with van der Waals surface area (Å²) in [6.45, 7) is 1.72. The van der Waals surface area contributed by atoms with Gasteiger partial charge in [0.1, 0.15) is 11.4 Å². The number of anilines is 3.